The van der Waals surface area contributed by atoms with E-state index in [4.69, 9.17) is 10.7 Å². The number of hydrogen-bond acceptors (Lipinski definition) is 6. The van der Waals surface area contributed by atoms with E-state index < -0.39 is 10.0 Å². The number of halogens is 3. The van der Waals surface area contributed by atoms with Crippen molar-refractivity contribution in [3.8, 4) is 39.6 Å². The Morgan fingerprint density at radius 3 is 2.12 bits per heavy atom. The van der Waals surface area contributed by atoms with Crippen LogP contribution in [0.3, 0.4) is 0 Å². The molecule has 0 saturated heterocycles. The molecule has 0 radical (unpaired) electrons. The topological polar surface area (TPSA) is 115 Å². The molecule has 246 valence electrons. The second kappa shape index (κ2) is 13.6. The average Bonchev–Trinajstić information content (AvgIpc) is 3.39. The number of aromatic nitrogens is 3. The molecule has 4 aromatic carbocycles. The Balaban J connectivity index is 0.00000150. The first kappa shape index (κ1) is 34.9. The van der Waals surface area contributed by atoms with Crippen LogP contribution in [-0.2, 0) is 15.6 Å². The van der Waals surface area contributed by atoms with Gasteiger partial charge in [-0.3, -0.25) is 9.29 Å². The Kier molecular flexibility index (Phi) is 9.92. The van der Waals surface area contributed by atoms with Crippen LogP contribution in [0.5, 0.6) is 0 Å². The first-order valence-corrected chi connectivity index (χ1v) is 16.4. The predicted molar refractivity (Wildman–Crippen MR) is 200 cm³/mol. The van der Waals surface area contributed by atoms with E-state index in [0.717, 1.165) is 75.9 Å². The number of benzene rings is 4. The largest absolute Gasteiger partial charge is 0.338 e. The zero-order chi connectivity index (χ0) is 30.6. The van der Waals surface area contributed by atoms with E-state index in [2.05, 4.69) is 49.9 Å². The van der Waals surface area contributed by atoms with Gasteiger partial charge < -0.3 is 11.1 Å². The Hall–Kier alpha value is -4.38. The van der Waals surface area contributed by atoms with Crippen LogP contribution in [0, 0.1) is 0 Å². The number of nitrogens with two attached hydrogens (primary N) is 1. The highest BCUT2D eigenvalue weighted by molar-refractivity contribution is 7.92. The van der Waals surface area contributed by atoms with Crippen LogP contribution in [0.25, 0.3) is 39.6 Å². The Morgan fingerprint density at radius 1 is 0.771 bits per heavy atom. The first-order valence-electron chi connectivity index (χ1n) is 14.9. The van der Waals surface area contributed by atoms with Gasteiger partial charge in [-0.25, -0.2) is 18.4 Å². The van der Waals surface area contributed by atoms with Crippen molar-refractivity contribution in [2.45, 2.75) is 29.7 Å². The van der Waals surface area contributed by atoms with Gasteiger partial charge >= 0.3 is 0 Å². The number of sulfonamides is 1. The van der Waals surface area contributed by atoms with Crippen LogP contribution in [0.2, 0.25) is 0 Å². The van der Waals surface area contributed by atoms with Crippen LogP contribution in [-0.4, -0.2) is 23.0 Å². The Labute approximate surface area is 298 Å². The highest BCUT2D eigenvalue weighted by Gasteiger charge is 2.34. The molecule has 8 nitrogen and oxygen atoms in total. The maximum atomic E-state index is 13.0. The molecule has 0 spiro atoms. The SMILES string of the molecule is Cl.Cl.Cl.NC1(c2ccc(-c3c(-c4ccc(NS(=O)(=O)c5ccccc5)cc4)nc4n3-c3cccnc3Nc3ccccc3-4)cc2)CCC1. The molecule has 0 unspecified atom stereocenters. The molecule has 2 aromatic heterocycles. The van der Waals surface area contributed by atoms with E-state index in [1.54, 1.807) is 48.7 Å². The van der Waals surface area contributed by atoms with Crippen LogP contribution < -0.4 is 15.8 Å². The van der Waals surface area contributed by atoms with Gasteiger partial charge in [0.05, 0.1) is 27.7 Å². The highest BCUT2D eigenvalue weighted by atomic mass is 35.5. The molecule has 12 heteroatoms. The van der Waals surface area contributed by atoms with E-state index in [1.165, 1.54) is 0 Å². The molecule has 0 atom stereocenters. The summed E-state index contributed by atoms with van der Waals surface area (Å²) in [6.07, 6.45) is 4.90. The zero-order valence-corrected chi connectivity index (χ0v) is 28.8. The predicted octanol–water partition coefficient (Wildman–Crippen LogP) is 8.73. The van der Waals surface area contributed by atoms with Crippen LogP contribution in [0.1, 0.15) is 24.8 Å². The molecule has 3 heterocycles. The van der Waals surface area contributed by atoms with E-state index in [1.807, 2.05) is 42.5 Å². The van der Waals surface area contributed by atoms with Gasteiger partial charge in [0.1, 0.15) is 5.82 Å². The monoisotopic (exact) mass is 718 g/mol. The quantitative estimate of drug-likeness (QED) is 0.158. The molecule has 2 aliphatic rings. The number of fused-ring (bicyclic) bond motifs is 5. The molecular formula is C36H33Cl3N6O2S. The van der Waals surface area contributed by atoms with E-state index >= 15 is 0 Å². The van der Waals surface area contributed by atoms with Crippen molar-refractivity contribution < 1.29 is 8.42 Å². The molecule has 1 aliphatic carbocycles. The molecule has 1 saturated carbocycles. The number of rotatable bonds is 6. The minimum atomic E-state index is -3.72. The van der Waals surface area contributed by atoms with Crippen molar-refractivity contribution in [3.05, 3.63) is 127 Å². The number of imidazole rings is 1. The molecule has 1 aliphatic heterocycles. The number of nitrogens with one attached hydrogen (secondary N) is 2. The summed E-state index contributed by atoms with van der Waals surface area (Å²) in [5, 5.41) is 3.51. The molecule has 0 amide bonds. The summed E-state index contributed by atoms with van der Waals surface area (Å²) >= 11 is 0. The molecule has 1 fully saturated rings. The summed E-state index contributed by atoms with van der Waals surface area (Å²) in [5.74, 6) is 1.51. The van der Waals surface area contributed by atoms with Crippen molar-refractivity contribution >= 4 is 64.4 Å². The second-order valence-electron chi connectivity index (χ2n) is 11.6. The van der Waals surface area contributed by atoms with Gasteiger partial charge in [0.2, 0.25) is 0 Å². The van der Waals surface area contributed by atoms with Gasteiger partial charge in [0, 0.05) is 34.1 Å². The fourth-order valence-corrected chi connectivity index (χ4v) is 7.29. The molecule has 0 bridgehead atoms. The molecule has 4 N–H and O–H groups in total. The third kappa shape index (κ3) is 6.04. The fourth-order valence-electron chi connectivity index (χ4n) is 6.21. The van der Waals surface area contributed by atoms with Gasteiger partial charge in [0.25, 0.3) is 10.0 Å². The first-order chi connectivity index (χ1) is 21.9. The number of para-hydroxylation sites is 1. The van der Waals surface area contributed by atoms with Gasteiger partial charge in [-0.1, -0.05) is 66.7 Å². The lowest BCUT2D eigenvalue weighted by Gasteiger charge is -2.38. The lowest BCUT2D eigenvalue weighted by atomic mass is 9.72. The van der Waals surface area contributed by atoms with E-state index in [-0.39, 0.29) is 47.7 Å². The minimum Gasteiger partial charge on any atom is -0.338 e. The molecular weight excluding hydrogens is 687 g/mol. The summed E-state index contributed by atoms with van der Waals surface area (Å²) in [7, 11) is -3.72. The van der Waals surface area contributed by atoms with Crippen molar-refractivity contribution in [1.29, 1.82) is 0 Å². The second-order valence-corrected chi connectivity index (χ2v) is 13.3. The van der Waals surface area contributed by atoms with Crippen LogP contribution >= 0.6 is 37.2 Å². The normalized spacial score (nSPS) is 13.7. The average molecular weight is 720 g/mol. The number of hydrogen-bond donors (Lipinski definition) is 3. The van der Waals surface area contributed by atoms with Crippen molar-refractivity contribution in [2.75, 3.05) is 10.0 Å². The maximum Gasteiger partial charge on any atom is 0.261 e. The van der Waals surface area contributed by atoms with Crippen LogP contribution in [0.15, 0.2) is 126 Å². The van der Waals surface area contributed by atoms with Gasteiger partial charge in [-0.05, 0) is 73.4 Å². The smallest absolute Gasteiger partial charge is 0.261 e. The Morgan fingerprint density at radius 2 is 1.44 bits per heavy atom. The third-order valence-electron chi connectivity index (χ3n) is 8.77. The van der Waals surface area contributed by atoms with Crippen LogP contribution in [0.4, 0.5) is 17.2 Å². The van der Waals surface area contributed by atoms with Crippen molar-refractivity contribution in [3.63, 3.8) is 0 Å². The number of pyridine rings is 1. The standard InChI is InChI=1S/C36H30N6O2S.3ClH/c37-36(21-7-22-36)26-17-13-25(14-18-26)33-32(24-15-19-27(20-16-24)41-45(43,44)28-8-2-1-3-9-28)40-35-29-10-4-5-11-30(29)39-34-31(42(33)35)12-6-23-38-34;;;/h1-6,8-20,23,41H,7,21-22,37H2,(H,38,39);3*1H. The summed E-state index contributed by atoms with van der Waals surface area (Å²) in [6, 6.07) is 36.2. The lowest BCUT2D eigenvalue weighted by Crippen LogP contribution is -2.43. The number of anilines is 3. The molecule has 8 rings (SSSR count). The third-order valence-corrected chi connectivity index (χ3v) is 10.2. The summed E-state index contributed by atoms with van der Waals surface area (Å²) < 4.78 is 30.8. The molecule has 48 heavy (non-hydrogen) atoms. The lowest BCUT2D eigenvalue weighted by molar-refractivity contribution is 0.253. The van der Waals surface area contributed by atoms with Crippen molar-refractivity contribution in [2.24, 2.45) is 5.73 Å². The zero-order valence-electron chi connectivity index (χ0n) is 25.5. The number of nitrogens with zero attached hydrogens (tertiary/aromatic N) is 3. The van der Waals surface area contributed by atoms with E-state index in [9.17, 15) is 8.42 Å². The van der Waals surface area contributed by atoms with Crippen molar-refractivity contribution in [1.82, 2.24) is 14.5 Å². The molecule has 6 aromatic rings. The summed E-state index contributed by atoms with van der Waals surface area (Å²) in [5.41, 5.74) is 14.3. The highest BCUT2D eigenvalue weighted by Crippen LogP contribution is 2.45. The maximum absolute atomic E-state index is 13.0. The van der Waals surface area contributed by atoms with Gasteiger partial charge in [-0.15, -0.1) is 37.2 Å². The van der Waals surface area contributed by atoms with Gasteiger partial charge in [0.15, 0.2) is 5.82 Å². The Bertz CT molecular complexity index is 2170. The summed E-state index contributed by atoms with van der Waals surface area (Å²) in [6.45, 7) is 0. The summed E-state index contributed by atoms with van der Waals surface area (Å²) in [4.78, 5) is 10.2. The minimum absolute atomic E-state index is 0. The fraction of sp³-hybridized carbons (Fsp3) is 0.111. The van der Waals surface area contributed by atoms with Gasteiger partial charge in [-0.2, -0.15) is 0 Å². The van der Waals surface area contributed by atoms with E-state index in [0.29, 0.717) is 5.69 Å².